The molecule has 2 aromatic heterocycles. The maximum absolute atomic E-state index is 13.7. The second-order valence-corrected chi connectivity index (χ2v) is 7.23. The Hall–Kier alpha value is -2.54. The van der Waals surface area contributed by atoms with Gasteiger partial charge >= 0.3 is 0 Å². The fraction of sp³-hybridized carbons (Fsp3) is 0.522. The summed E-state index contributed by atoms with van der Waals surface area (Å²) >= 11 is 0. The number of nitrogens with zero attached hydrogens (tertiary/aromatic N) is 4. The van der Waals surface area contributed by atoms with Crippen LogP contribution in [0.2, 0.25) is 0 Å². The predicted octanol–water partition coefficient (Wildman–Crippen LogP) is 3.59. The van der Waals surface area contributed by atoms with Crippen LogP contribution in [0.4, 0.5) is 4.39 Å². The van der Waals surface area contributed by atoms with Gasteiger partial charge in [0.25, 0.3) is 5.56 Å². The minimum absolute atomic E-state index is 0.0115. The Labute approximate surface area is 191 Å². The first-order chi connectivity index (χ1) is 19.1. The summed E-state index contributed by atoms with van der Waals surface area (Å²) in [4.78, 5) is 18.8. The first kappa shape index (κ1) is 10.2. The Balaban J connectivity index is 1.51. The van der Waals surface area contributed by atoms with E-state index in [2.05, 4.69) is 10.1 Å². The van der Waals surface area contributed by atoms with E-state index in [1.54, 1.807) is 0 Å². The average molecular weight is 423 g/mol. The number of fused-ring (bicyclic) bond motifs is 2. The Morgan fingerprint density at radius 2 is 2.17 bits per heavy atom. The van der Waals surface area contributed by atoms with E-state index in [0.29, 0.717) is 23.9 Å². The van der Waals surface area contributed by atoms with Crippen LogP contribution in [-0.2, 0) is 19.2 Å². The van der Waals surface area contributed by atoms with Gasteiger partial charge in [0.2, 0.25) is 0 Å². The van der Waals surface area contributed by atoms with E-state index in [-0.39, 0.29) is 29.2 Å². The van der Waals surface area contributed by atoms with Crippen LogP contribution in [0.5, 0.6) is 0 Å². The standard InChI is InChI=1S/C23H27FN4O2/c1-15-18(23(29)28-10-3-2-4-21(28)25-15)9-13-27-11-7-16(8-12-27)22-19-6-5-17(24)14-20(19)30-26-22/h5-6,14,16H,2-4,7-13H2,1H3/i2D2,3D2,4D2,9D2,10D2,13D2. The maximum atomic E-state index is 13.7. The average Bonchev–Trinajstić information content (AvgIpc) is 3.30. The largest absolute Gasteiger partial charge is 0.356 e. The summed E-state index contributed by atoms with van der Waals surface area (Å²) in [5.74, 6) is -1.76. The Bertz CT molecular complexity index is 1630. The zero-order chi connectivity index (χ0) is 31.4. The van der Waals surface area contributed by atoms with Gasteiger partial charge in [-0.15, -0.1) is 0 Å². The minimum Gasteiger partial charge on any atom is -0.356 e. The van der Waals surface area contributed by atoms with Crippen molar-refractivity contribution in [3.63, 3.8) is 0 Å². The van der Waals surface area contributed by atoms with Crippen molar-refractivity contribution < 1.29 is 25.4 Å². The molecule has 158 valence electrons. The van der Waals surface area contributed by atoms with Crippen LogP contribution < -0.4 is 5.56 Å². The number of benzene rings is 1. The lowest BCUT2D eigenvalue weighted by Gasteiger charge is -2.31. The minimum atomic E-state index is -3.60. The third kappa shape index (κ3) is 3.55. The van der Waals surface area contributed by atoms with Crippen LogP contribution in [0.1, 0.15) is 70.7 Å². The lowest BCUT2D eigenvalue weighted by Crippen LogP contribution is -2.37. The van der Waals surface area contributed by atoms with Crippen molar-refractivity contribution in [2.45, 2.75) is 57.7 Å². The zero-order valence-corrected chi connectivity index (χ0v) is 16.1. The summed E-state index contributed by atoms with van der Waals surface area (Å²) in [7, 11) is 0. The van der Waals surface area contributed by atoms with Gasteiger partial charge in [-0.05, 0) is 64.1 Å². The molecule has 0 atom stereocenters. The van der Waals surface area contributed by atoms with E-state index < -0.39 is 66.9 Å². The molecule has 5 rings (SSSR count). The Morgan fingerprint density at radius 3 is 3.00 bits per heavy atom. The molecule has 2 aliphatic heterocycles. The molecule has 0 saturated carbocycles. The molecule has 7 heteroatoms. The highest BCUT2D eigenvalue weighted by Crippen LogP contribution is 2.32. The van der Waals surface area contributed by atoms with Crippen LogP contribution in [0.15, 0.2) is 27.5 Å². The first-order valence-corrected chi connectivity index (χ1v) is 9.57. The van der Waals surface area contributed by atoms with Crippen LogP contribution in [0.25, 0.3) is 11.0 Å². The van der Waals surface area contributed by atoms with E-state index in [0.717, 1.165) is 6.92 Å². The van der Waals surface area contributed by atoms with Crippen LogP contribution in [0, 0.1) is 12.7 Å². The molecule has 3 aromatic rings. The molecule has 0 bridgehead atoms. The Kier molecular flexibility index (Phi) is 2.70. The summed E-state index contributed by atoms with van der Waals surface area (Å²) in [6, 6.07) is 4.01. The van der Waals surface area contributed by atoms with Gasteiger partial charge in [0.15, 0.2) is 5.58 Å². The molecule has 0 N–H and O–H groups in total. The van der Waals surface area contributed by atoms with E-state index in [1.165, 1.54) is 23.1 Å². The zero-order valence-electron chi connectivity index (χ0n) is 28.1. The van der Waals surface area contributed by atoms with Crippen molar-refractivity contribution >= 4 is 11.0 Å². The van der Waals surface area contributed by atoms with Gasteiger partial charge in [0, 0.05) is 64.4 Å². The number of aromatic nitrogens is 3. The van der Waals surface area contributed by atoms with Crippen molar-refractivity contribution in [2.24, 2.45) is 0 Å². The molecule has 0 amide bonds. The highest BCUT2D eigenvalue weighted by atomic mass is 19.1. The molecule has 0 aliphatic carbocycles. The smallest absolute Gasteiger partial charge is 0.256 e. The molecule has 0 spiro atoms. The second kappa shape index (κ2) is 7.95. The van der Waals surface area contributed by atoms with Gasteiger partial charge in [-0.2, -0.15) is 0 Å². The fourth-order valence-electron chi connectivity index (χ4n) is 3.75. The van der Waals surface area contributed by atoms with E-state index in [1.807, 2.05) is 0 Å². The Morgan fingerprint density at radius 1 is 1.33 bits per heavy atom. The van der Waals surface area contributed by atoms with Gasteiger partial charge in [-0.25, -0.2) is 9.37 Å². The molecule has 0 unspecified atom stereocenters. The van der Waals surface area contributed by atoms with Gasteiger partial charge < -0.3 is 9.42 Å². The number of aryl methyl sites for hydroxylation is 2. The summed E-state index contributed by atoms with van der Waals surface area (Å²) in [5.41, 5.74) is -2.13. The van der Waals surface area contributed by atoms with Crippen molar-refractivity contribution in [3.8, 4) is 0 Å². The van der Waals surface area contributed by atoms with Crippen molar-refractivity contribution in [1.29, 1.82) is 0 Å². The quantitative estimate of drug-likeness (QED) is 0.643. The SMILES string of the molecule is [2H]C([2H])(c1c(C)nc2n(c1=O)C([2H])([2H])C([2H])([2H])C([2H])([2H])C2([2H])[2H])C([2H])([2H])N1CCC(c2noc3cc(F)ccc23)CC1. The predicted molar refractivity (Wildman–Crippen MR) is 112 cm³/mol. The highest BCUT2D eigenvalue weighted by molar-refractivity contribution is 5.79. The molecule has 1 saturated heterocycles. The molecule has 6 nitrogen and oxygen atoms in total. The van der Waals surface area contributed by atoms with Crippen LogP contribution in [0.3, 0.4) is 0 Å². The third-order valence-electron chi connectivity index (χ3n) is 5.35. The molecule has 1 fully saturated rings. The maximum Gasteiger partial charge on any atom is 0.256 e. The normalized spacial score (nSPS) is 31.7. The number of likely N-dealkylation sites (tertiary alicyclic amines) is 1. The van der Waals surface area contributed by atoms with Crippen molar-refractivity contribution in [1.82, 2.24) is 19.6 Å². The molecule has 1 aromatic carbocycles. The van der Waals surface area contributed by atoms with Gasteiger partial charge in [0.1, 0.15) is 11.6 Å². The summed E-state index contributed by atoms with van der Waals surface area (Å²) < 4.78 is 119. The summed E-state index contributed by atoms with van der Waals surface area (Å²) in [6.45, 7) is -5.24. The molecule has 30 heavy (non-hydrogen) atoms. The third-order valence-corrected chi connectivity index (χ3v) is 5.35. The van der Waals surface area contributed by atoms with E-state index in [9.17, 15) is 9.18 Å². The second-order valence-electron chi connectivity index (χ2n) is 7.23. The number of halogens is 1. The van der Waals surface area contributed by atoms with Crippen molar-refractivity contribution in [3.05, 3.63) is 57.1 Å². The molecular weight excluding hydrogens is 383 g/mol. The number of hydrogen-bond donors (Lipinski definition) is 0. The van der Waals surface area contributed by atoms with E-state index in [4.69, 9.17) is 21.0 Å². The number of piperidine rings is 1. The number of rotatable bonds is 4. The molecular formula is C23H27FN4O2. The molecule has 2 aliphatic rings. The lowest BCUT2D eigenvalue weighted by molar-refractivity contribution is 0.211. The van der Waals surface area contributed by atoms with Crippen molar-refractivity contribution in [2.75, 3.05) is 19.6 Å². The van der Waals surface area contributed by atoms with Gasteiger partial charge in [-0.3, -0.25) is 9.36 Å². The number of hydrogen-bond acceptors (Lipinski definition) is 5. The molecule has 0 radical (unpaired) electrons. The lowest BCUT2D eigenvalue weighted by atomic mass is 9.91. The molecule has 4 heterocycles. The topological polar surface area (TPSA) is 64.2 Å². The highest BCUT2D eigenvalue weighted by Gasteiger charge is 2.25. The first-order valence-electron chi connectivity index (χ1n) is 15.6. The summed E-state index contributed by atoms with van der Waals surface area (Å²) in [6.07, 6.45) is -12.9. The van der Waals surface area contributed by atoms with Crippen LogP contribution in [-0.4, -0.2) is 39.2 Å². The van der Waals surface area contributed by atoms with Gasteiger partial charge in [0.05, 0.1) is 5.69 Å². The monoisotopic (exact) mass is 422 g/mol. The van der Waals surface area contributed by atoms with Gasteiger partial charge in [-0.1, -0.05) is 5.16 Å². The summed E-state index contributed by atoms with van der Waals surface area (Å²) in [5, 5.41) is 4.66. The van der Waals surface area contributed by atoms with Crippen LogP contribution >= 0.6 is 0 Å². The fourth-order valence-corrected chi connectivity index (χ4v) is 3.75. The van der Waals surface area contributed by atoms with E-state index >= 15 is 0 Å².